The molecule has 0 heterocycles. The summed E-state index contributed by atoms with van der Waals surface area (Å²) in [7, 11) is -3.53. The van der Waals surface area contributed by atoms with Crippen molar-refractivity contribution in [2.45, 2.75) is 70.5 Å². The summed E-state index contributed by atoms with van der Waals surface area (Å²) in [5, 5.41) is 4.02. The third kappa shape index (κ3) is 8.35. The van der Waals surface area contributed by atoms with Crippen LogP contribution in [-0.4, -0.2) is 50.0 Å². The van der Waals surface area contributed by atoms with Crippen LogP contribution in [0.1, 0.15) is 57.4 Å². The van der Waals surface area contributed by atoms with E-state index in [9.17, 15) is 18.0 Å². The number of nitrogens with one attached hydrogen (secondary N) is 1. The third-order valence-corrected chi connectivity index (χ3v) is 8.42. The van der Waals surface area contributed by atoms with E-state index in [4.69, 9.17) is 23.2 Å². The Bertz CT molecular complexity index is 1170. The molecule has 1 saturated carbocycles. The van der Waals surface area contributed by atoms with Crippen LogP contribution in [0.2, 0.25) is 10.0 Å². The molecule has 0 spiro atoms. The Morgan fingerprint density at radius 2 is 1.76 bits per heavy atom. The van der Waals surface area contributed by atoms with Crippen LogP contribution < -0.4 is 9.62 Å². The van der Waals surface area contributed by atoms with Crippen LogP contribution in [0.25, 0.3) is 0 Å². The molecular formula is C27H35Cl2N3O4S. The zero-order chi connectivity index (χ0) is 27.0. The maximum Gasteiger partial charge on any atom is 0.243 e. The quantitative estimate of drug-likeness (QED) is 0.371. The van der Waals surface area contributed by atoms with Gasteiger partial charge in [-0.2, -0.15) is 0 Å². The number of nitrogens with zero attached hydrogens (tertiary/aromatic N) is 2. The molecule has 202 valence electrons. The molecule has 1 unspecified atom stereocenters. The summed E-state index contributed by atoms with van der Waals surface area (Å²) in [6.07, 6.45) is 6.03. The van der Waals surface area contributed by atoms with Gasteiger partial charge in [0.1, 0.15) is 6.04 Å². The van der Waals surface area contributed by atoms with Crippen molar-refractivity contribution in [3.8, 4) is 0 Å². The molecule has 0 aromatic heterocycles. The maximum absolute atomic E-state index is 13.5. The molecule has 0 aliphatic heterocycles. The van der Waals surface area contributed by atoms with Gasteiger partial charge in [0.15, 0.2) is 0 Å². The number of para-hydroxylation sites is 1. The molecule has 1 aliphatic carbocycles. The first kappa shape index (κ1) is 29.3. The van der Waals surface area contributed by atoms with Crippen molar-refractivity contribution in [2.24, 2.45) is 0 Å². The Kier molecular flexibility index (Phi) is 10.7. The van der Waals surface area contributed by atoms with Gasteiger partial charge in [0.05, 0.1) is 11.9 Å². The van der Waals surface area contributed by atoms with Gasteiger partial charge in [-0.15, -0.1) is 0 Å². The number of amides is 2. The topological polar surface area (TPSA) is 86.8 Å². The number of hydrogen-bond acceptors (Lipinski definition) is 4. The van der Waals surface area contributed by atoms with Crippen molar-refractivity contribution >= 4 is 50.7 Å². The van der Waals surface area contributed by atoms with Gasteiger partial charge in [-0.3, -0.25) is 13.9 Å². The van der Waals surface area contributed by atoms with Gasteiger partial charge in [-0.25, -0.2) is 8.42 Å². The second-order valence-corrected chi connectivity index (χ2v) is 12.2. The molecule has 1 N–H and O–H groups in total. The van der Waals surface area contributed by atoms with Crippen LogP contribution in [0, 0.1) is 0 Å². The van der Waals surface area contributed by atoms with Gasteiger partial charge in [-0.1, -0.05) is 67.2 Å². The Hall–Kier alpha value is -2.29. The number of benzene rings is 2. The largest absolute Gasteiger partial charge is 0.352 e. The number of sulfonamides is 1. The summed E-state index contributed by atoms with van der Waals surface area (Å²) in [6.45, 7) is 2.18. The molecule has 2 aromatic rings. The van der Waals surface area contributed by atoms with E-state index in [0.29, 0.717) is 34.1 Å². The minimum Gasteiger partial charge on any atom is -0.352 e. The number of anilines is 1. The molecule has 37 heavy (non-hydrogen) atoms. The van der Waals surface area contributed by atoms with E-state index in [1.807, 2.05) is 13.0 Å². The first-order chi connectivity index (χ1) is 17.6. The molecule has 0 radical (unpaired) electrons. The predicted molar refractivity (Wildman–Crippen MR) is 149 cm³/mol. The van der Waals surface area contributed by atoms with Crippen LogP contribution in [0.15, 0.2) is 48.5 Å². The number of carbonyl (C=O) groups excluding carboxylic acids is 2. The summed E-state index contributed by atoms with van der Waals surface area (Å²) in [4.78, 5) is 28.4. The van der Waals surface area contributed by atoms with Crippen LogP contribution in [0.4, 0.5) is 5.69 Å². The molecule has 2 amide bonds. The van der Waals surface area contributed by atoms with E-state index in [1.165, 1.54) is 4.31 Å². The van der Waals surface area contributed by atoms with E-state index in [0.717, 1.165) is 31.9 Å². The highest BCUT2D eigenvalue weighted by Crippen LogP contribution is 2.25. The van der Waals surface area contributed by atoms with Crippen LogP contribution in [0.5, 0.6) is 0 Å². The molecule has 1 aliphatic rings. The summed E-state index contributed by atoms with van der Waals surface area (Å²) >= 11 is 12.5. The fraction of sp³-hybridized carbons (Fsp3) is 0.481. The van der Waals surface area contributed by atoms with Crippen molar-refractivity contribution in [1.29, 1.82) is 0 Å². The molecule has 2 aromatic carbocycles. The smallest absolute Gasteiger partial charge is 0.243 e. The van der Waals surface area contributed by atoms with Crippen molar-refractivity contribution in [3.63, 3.8) is 0 Å². The lowest BCUT2D eigenvalue weighted by Crippen LogP contribution is -2.51. The Balaban J connectivity index is 1.77. The van der Waals surface area contributed by atoms with Gasteiger partial charge in [-0.05, 0) is 55.5 Å². The summed E-state index contributed by atoms with van der Waals surface area (Å²) < 4.78 is 26.1. The average Bonchev–Trinajstić information content (AvgIpc) is 3.35. The molecule has 7 nitrogen and oxygen atoms in total. The van der Waals surface area contributed by atoms with Crippen molar-refractivity contribution in [2.75, 3.05) is 17.1 Å². The van der Waals surface area contributed by atoms with Crippen molar-refractivity contribution in [1.82, 2.24) is 10.2 Å². The molecule has 3 rings (SSSR count). The first-order valence-electron chi connectivity index (χ1n) is 12.7. The van der Waals surface area contributed by atoms with E-state index in [1.54, 1.807) is 47.4 Å². The summed E-state index contributed by atoms with van der Waals surface area (Å²) in [5.74, 6) is -0.407. The monoisotopic (exact) mass is 567 g/mol. The zero-order valence-corrected chi connectivity index (χ0v) is 23.7. The average molecular weight is 569 g/mol. The number of rotatable bonds is 12. The maximum atomic E-state index is 13.5. The van der Waals surface area contributed by atoms with E-state index in [-0.39, 0.29) is 37.4 Å². The Labute approximate surface area is 230 Å². The third-order valence-electron chi connectivity index (χ3n) is 6.64. The number of halogens is 2. The normalized spacial score (nSPS) is 14.8. The highest BCUT2D eigenvalue weighted by atomic mass is 35.5. The summed E-state index contributed by atoms with van der Waals surface area (Å²) in [6, 6.07) is 13.3. The predicted octanol–water partition coefficient (Wildman–Crippen LogP) is 5.41. The Morgan fingerprint density at radius 3 is 2.35 bits per heavy atom. The van der Waals surface area contributed by atoms with Gasteiger partial charge >= 0.3 is 0 Å². The molecule has 1 atom stereocenters. The second kappa shape index (κ2) is 13.5. The van der Waals surface area contributed by atoms with E-state index >= 15 is 0 Å². The van der Waals surface area contributed by atoms with E-state index < -0.39 is 16.1 Å². The van der Waals surface area contributed by atoms with Crippen LogP contribution in [-0.2, 0) is 26.2 Å². The number of hydrogen-bond donors (Lipinski definition) is 1. The summed E-state index contributed by atoms with van der Waals surface area (Å²) in [5.41, 5.74) is 1.23. The fourth-order valence-electron chi connectivity index (χ4n) is 4.72. The zero-order valence-electron chi connectivity index (χ0n) is 21.3. The van der Waals surface area contributed by atoms with Gasteiger partial charge < -0.3 is 10.2 Å². The molecule has 0 saturated heterocycles. The second-order valence-electron chi connectivity index (χ2n) is 9.45. The lowest BCUT2D eigenvalue weighted by atomic mass is 10.1. The van der Waals surface area contributed by atoms with Gasteiger partial charge in [0, 0.05) is 35.6 Å². The fourth-order valence-corrected chi connectivity index (χ4v) is 6.15. The van der Waals surface area contributed by atoms with Crippen molar-refractivity contribution in [3.05, 3.63) is 64.1 Å². The highest BCUT2D eigenvalue weighted by molar-refractivity contribution is 7.92. The minimum atomic E-state index is -3.53. The molecular weight excluding hydrogens is 533 g/mol. The molecule has 0 bridgehead atoms. The van der Waals surface area contributed by atoms with Gasteiger partial charge in [0.25, 0.3) is 0 Å². The van der Waals surface area contributed by atoms with Crippen LogP contribution in [0.3, 0.4) is 0 Å². The molecule has 1 fully saturated rings. The number of carbonyl (C=O) groups is 2. The lowest BCUT2D eigenvalue weighted by Gasteiger charge is -2.32. The highest BCUT2D eigenvalue weighted by Gasteiger charge is 2.31. The van der Waals surface area contributed by atoms with Gasteiger partial charge in [0.2, 0.25) is 21.8 Å². The lowest BCUT2D eigenvalue weighted by molar-refractivity contribution is -0.141. The van der Waals surface area contributed by atoms with Crippen molar-refractivity contribution < 1.29 is 18.0 Å². The van der Waals surface area contributed by atoms with E-state index in [2.05, 4.69) is 5.32 Å². The minimum absolute atomic E-state index is 0.0806. The Morgan fingerprint density at radius 1 is 1.08 bits per heavy atom. The van der Waals surface area contributed by atoms with Crippen LogP contribution >= 0.6 is 23.2 Å². The molecule has 10 heteroatoms. The first-order valence-corrected chi connectivity index (χ1v) is 15.3. The standard InChI is InChI=1S/C27H35Cl2N3O4S/c1-3-25(27(34)30-22-10-7-8-11-22)31(19-20-15-16-21(28)18-24(20)29)26(33)14-9-17-32(37(2,35)36)23-12-5-4-6-13-23/h4-6,12-13,15-16,18,22,25H,3,7-11,14,17,19H2,1-2H3,(H,30,34). The SMILES string of the molecule is CCC(C(=O)NC1CCCC1)N(Cc1ccc(Cl)cc1Cl)C(=O)CCCN(c1ccccc1)S(C)(=O)=O.